The van der Waals surface area contributed by atoms with Gasteiger partial charge in [-0.3, -0.25) is 4.79 Å². The van der Waals surface area contributed by atoms with Gasteiger partial charge in [0, 0.05) is 17.6 Å². The van der Waals surface area contributed by atoms with Crippen molar-refractivity contribution in [3.63, 3.8) is 0 Å². The standard InChI is InChI=1S/C13H17ClN2O2/c1-18-12-5-3-10(14)6-9(12)2-4-11-7-15-8-13(17)16-11/h3,5-6,11,15H,2,4,7-8H2,1H3,(H,16,17). The van der Waals surface area contributed by atoms with Crippen LogP contribution in [0.3, 0.4) is 0 Å². The highest BCUT2D eigenvalue weighted by Gasteiger charge is 2.17. The van der Waals surface area contributed by atoms with Gasteiger partial charge in [0.05, 0.1) is 13.7 Å². The fourth-order valence-corrected chi connectivity index (χ4v) is 2.33. The summed E-state index contributed by atoms with van der Waals surface area (Å²) >= 11 is 5.98. The van der Waals surface area contributed by atoms with Crippen molar-refractivity contribution in [1.82, 2.24) is 10.6 Å². The molecule has 1 unspecified atom stereocenters. The van der Waals surface area contributed by atoms with Gasteiger partial charge >= 0.3 is 0 Å². The average molecular weight is 269 g/mol. The molecular formula is C13H17ClN2O2. The van der Waals surface area contributed by atoms with Gasteiger partial charge in [-0.05, 0) is 36.6 Å². The third kappa shape index (κ3) is 3.37. The van der Waals surface area contributed by atoms with E-state index in [0.717, 1.165) is 30.7 Å². The third-order valence-corrected chi connectivity index (χ3v) is 3.28. The number of aryl methyl sites for hydroxylation is 1. The van der Waals surface area contributed by atoms with Crippen LogP contribution in [0.15, 0.2) is 18.2 Å². The zero-order valence-electron chi connectivity index (χ0n) is 10.3. The van der Waals surface area contributed by atoms with Crippen molar-refractivity contribution in [3.8, 4) is 5.75 Å². The molecule has 0 spiro atoms. The van der Waals surface area contributed by atoms with E-state index in [4.69, 9.17) is 16.3 Å². The summed E-state index contributed by atoms with van der Waals surface area (Å²) in [5.41, 5.74) is 1.07. The summed E-state index contributed by atoms with van der Waals surface area (Å²) in [4.78, 5) is 11.2. The van der Waals surface area contributed by atoms with Crippen LogP contribution in [0.2, 0.25) is 5.02 Å². The lowest BCUT2D eigenvalue weighted by atomic mass is 10.0. The van der Waals surface area contributed by atoms with E-state index in [1.165, 1.54) is 0 Å². The number of methoxy groups -OCH3 is 1. The molecule has 5 heteroatoms. The molecule has 4 nitrogen and oxygen atoms in total. The summed E-state index contributed by atoms with van der Waals surface area (Å²) in [5.74, 6) is 0.902. The van der Waals surface area contributed by atoms with E-state index in [9.17, 15) is 4.79 Å². The van der Waals surface area contributed by atoms with Crippen LogP contribution in [0.1, 0.15) is 12.0 Å². The number of rotatable bonds is 4. The first-order valence-corrected chi connectivity index (χ1v) is 6.39. The molecule has 1 heterocycles. The summed E-state index contributed by atoms with van der Waals surface area (Å²) in [6.07, 6.45) is 1.70. The molecule has 0 aliphatic carbocycles. The maximum absolute atomic E-state index is 11.2. The van der Waals surface area contributed by atoms with Crippen LogP contribution >= 0.6 is 11.6 Å². The molecule has 1 aromatic carbocycles. The maximum Gasteiger partial charge on any atom is 0.234 e. The van der Waals surface area contributed by atoms with E-state index in [1.807, 2.05) is 18.2 Å². The number of amides is 1. The van der Waals surface area contributed by atoms with E-state index in [2.05, 4.69) is 10.6 Å². The van der Waals surface area contributed by atoms with Crippen molar-refractivity contribution in [2.75, 3.05) is 20.2 Å². The lowest BCUT2D eigenvalue weighted by Gasteiger charge is -2.24. The van der Waals surface area contributed by atoms with Crippen molar-refractivity contribution >= 4 is 17.5 Å². The fraction of sp³-hybridized carbons (Fsp3) is 0.462. The molecule has 1 amide bonds. The first kappa shape index (κ1) is 13.2. The first-order valence-electron chi connectivity index (χ1n) is 6.01. The molecule has 0 saturated carbocycles. The minimum absolute atomic E-state index is 0.0595. The van der Waals surface area contributed by atoms with Crippen molar-refractivity contribution in [2.45, 2.75) is 18.9 Å². The molecule has 1 fully saturated rings. The van der Waals surface area contributed by atoms with Gasteiger partial charge in [-0.2, -0.15) is 0 Å². The topological polar surface area (TPSA) is 50.4 Å². The number of hydrogen-bond acceptors (Lipinski definition) is 3. The summed E-state index contributed by atoms with van der Waals surface area (Å²) in [6, 6.07) is 5.77. The van der Waals surface area contributed by atoms with Crippen LogP contribution < -0.4 is 15.4 Å². The van der Waals surface area contributed by atoms with Gasteiger partial charge < -0.3 is 15.4 Å². The molecule has 0 bridgehead atoms. The van der Waals surface area contributed by atoms with E-state index in [1.54, 1.807) is 7.11 Å². The van der Waals surface area contributed by atoms with Crippen LogP contribution in [0.5, 0.6) is 5.75 Å². The fourth-order valence-electron chi connectivity index (χ4n) is 2.14. The van der Waals surface area contributed by atoms with Crippen LogP contribution in [-0.4, -0.2) is 32.1 Å². The molecule has 0 radical (unpaired) electrons. The predicted molar refractivity (Wildman–Crippen MR) is 71.1 cm³/mol. The van der Waals surface area contributed by atoms with E-state index in [-0.39, 0.29) is 11.9 Å². The van der Waals surface area contributed by atoms with Gasteiger partial charge in [-0.25, -0.2) is 0 Å². The number of piperazine rings is 1. The number of carbonyl (C=O) groups excluding carboxylic acids is 1. The Bertz CT molecular complexity index is 437. The van der Waals surface area contributed by atoms with Gasteiger partial charge in [-0.15, -0.1) is 0 Å². The SMILES string of the molecule is COc1ccc(Cl)cc1CCC1CNCC(=O)N1. The number of ether oxygens (including phenoxy) is 1. The van der Waals surface area contributed by atoms with Gasteiger partial charge in [0.2, 0.25) is 5.91 Å². The summed E-state index contributed by atoms with van der Waals surface area (Å²) in [7, 11) is 1.65. The van der Waals surface area contributed by atoms with Crippen molar-refractivity contribution < 1.29 is 9.53 Å². The van der Waals surface area contributed by atoms with Crippen molar-refractivity contribution in [1.29, 1.82) is 0 Å². The van der Waals surface area contributed by atoms with Gasteiger partial charge in [0.15, 0.2) is 0 Å². The Morgan fingerprint density at radius 2 is 2.33 bits per heavy atom. The normalized spacial score (nSPS) is 19.4. The second-order valence-corrected chi connectivity index (χ2v) is 4.83. The Kier molecular flexibility index (Phi) is 4.44. The Morgan fingerprint density at radius 3 is 3.06 bits per heavy atom. The lowest BCUT2D eigenvalue weighted by Crippen LogP contribution is -2.52. The molecule has 1 atom stereocenters. The third-order valence-electron chi connectivity index (χ3n) is 3.05. The minimum Gasteiger partial charge on any atom is -0.496 e. The number of carbonyl (C=O) groups is 1. The Morgan fingerprint density at radius 1 is 1.50 bits per heavy atom. The molecule has 98 valence electrons. The van der Waals surface area contributed by atoms with Crippen LogP contribution in [0.4, 0.5) is 0 Å². The Labute approximate surface area is 112 Å². The highest BCUT2D eigenvalue weighted by atomic mass is 35.5. The Balaban J connectivity index is 1.96. The summed E-state index contributed by atoms with van der Waals surface area (Å²) in [5, 5.41) is 6.76. The molecule has 1 saturated heterocycles. The zero-order valence-corrected chi connectivity index (χ0v) is 11.1. The molecule has 0 aromatic heterocycles. The number of halogens is 1. The average Bonchev–Trinajstić information content (AvgIpc) is 2.37. The molecule has 1 aliphatic heterocycles. The highest BCUT2D eigenvalue weighted by molar-refractivity contribution is 6.30. The van der Waals surface area contributed by atoms with Crippen molar-refractivity contribution in [3.05, 3.63) is 28.8 Å². The molecule has 18 heavy (non-hydrogen) atoms. The van der Waals surface area contributed by atoms with E-state index >= 15 is 0 Å². The molecule has 1 aliphatic rings. The zero-order chi connectivity index (χ0) is 13.0. The molecule has 1 aromatic rings. The van der Waals surface area contributed by atoms with Crippen LogP contribution in [0, 0.1) is 0 Å². The Hall–Kier alpha value is -1.26. The second-order valence-electron chi connectivity index (χ2n) is 4.39. The van der Waals surface area contributed by atoms with Crippen molar-refractivity contribution in [2.24, 2.45) is 0 Å². The lowest BCUT2D eigenvalue weighted by molar-refractivity contribution is -0.122. The van der Waals surface area contributed by atoms with Crippen LogP contribution in [0.25, 0.3) is 0 Å². The second kappa shape index (κ2) is 6.07. The van der Waals surface area contributed by atoms with Crippen LogP contribution in [-0.2, 0) is 11.2 Å². The quantitative estimate of drug-likeness (QED) is 0.867. The minimum atomic E-state index is 0.0595. The first-order chi connectivity index (χ1) is 8.69. The number of nitrogens with one attached hydrogen (secondary N) is 2. The summed E-state index contributed by atoms with van der Waals surface area (Å²) < 4.78 is 5.30. The summed E-state index contributed by atoms with van der Waals surface area (Å²) in [6.45, 7) is 1.23. The smallest absolute Gasteiger partial charge is 0.234 e. The van der Waals surface area contributed by atoms with E-state index < -0.39 is 0 Å². The monoisotopic (exact) mass is 268 g/mol. The molecular weight excluding hydrogens is 252 g/mol. The highest BCUT2D eigenvalue weighted by Crippen LogP contribution is 2.24. The van der Waals surface area contributed by atoms with E-state index in [0.29, 0.717) is 11.6 Å². The van der Waals surface area contributed by atoms with Gasteiger partial charge in [0.25, 0.3) is 0 Å². The van der Waals surface area contributed by atoms with Gasteiger partial charge in [-0.1, -0.05) is 11.6 Å². The molecule has 2 N–H and O–H groups in total. The number of benzene rings is 1. The van der Waals surface area contributed by atoms with Gasteiger partial charge in [0.1, 0.15) is 5.75 Å². The predicted octanol–water partition coefficient (Wildman–Crippen LogP) is 1.37. The molecule has 2 rings (SSSR count). The maximum atomic E-state index is 11.2. The largest absolute Gasteiger partial charge is 0.496 e. The number of hydrogen-bond donors (Lipinski definition) is 2.